The van der Waals surface area contributed by atoms with Gasteiger partial charge in [0.15, 0.2) is 5.65 Å². The highest BCUT2D eigenvalue weighted by Crippen LogP contribution is 2.32. The van der Waals surface area contributed by atoms with E-state index >= 15 is 0 Å². The largest absolute Gasteiger partial charge is 0.478 e. The predicted molar refractivity (Wildman–Crippen MR) is 120 cm³/mol. The lowest BCUT2D eigenvalue weighted by atomic mass is 10.0. The number of aromatic nitrogens is 4. The van der Waals surface area contributed by atoms with Crippen molar-refractivity contribution in [1.29, 1.82) is 0 Å². The quantitative estimate of drug-likeness (QED) is 0.413. The number of hydrogen-bond acceptors (Lipinski definition) is 6. The molecule has 8 heteroatoms. The first-order chi connectivity index (χ1) is 15.0. The molecule has 4 aromatic rings. The van der Waals surface area contributed by atoms with Crippen LogP contribution >= 0.6 is 0 Å². The van der Waals surface area contributed by atoms with Crippen molar-refractivity contribution in [1.82, 2.24) is 19.6 Å². The molecule has 3 N–H and O–H groups in total. The number of para-hydroxylation sites is 1. The number of nitrogens with zero attached hydrogens (tertiary/aromatic N) is 4. The third-order valence-electron chi connectivity index (χ3n) is 5.76. The summed E-state index contributed by atoms with van der Waals surface area (Å²) >= 11 is 0. The van der Waals surface area contributed by atoms with Crippen LogP contribution in [0.1, 0.15) is 47.3 Å². The van der Waals surface area contributed by atoms with Gasteiger partial charge >= 0.3 is 5.97 Å². The summed E-state index contributed by atoms with van der Waals surface area (Å²) < 4.78 is 1.89. The van der Waals surface area contributed by atoms with Gasteiger partial charge in [-0.1, -0.05) is 18.2 Å². The number of hydrogen-bond donors (Lipinski definition) is 3. The molecular formula is C23H24N6O2. The molecule has 2 aromatic carbocycles. The number of carboxylic acid groups (broad SMARTS) is 1. The van der Waals surface area contributed by atoms with E-state index in [2.05, 4.69) is 33.0 Å². The molecule has 8 nitrogen and oxygen atoms in total. The van der Waals surface area contributed by atoms with Gasteiger partial charge in [-0.3, -0.25) is 4.40 Å². The van der Waals surface area contributed by atoms with Gasteiger partial charge in [0.25, 0.3) is 0 Å². The maximum atomic E-state index is 11.6. The van der Waals surface area contributed by atoms with Crippen LogP contribution in [-0.4, -0.2) is 37.2 Å². The minimum absolute atomic E-state index is 0.169. The first-order valence-corrected chi connectivity index (χ1v) is 10.5. The monoisotopic (exact) mass is 416 g/mol. The van der Waals surface area contributed by atoms with Crippen molar-refractivity contribution in [2.75, 3.05) is 17.2 Å². The maximum Gasteiger partial charge on any atom is 0.337 e. The molecular weight excluding hydrogens is 392 g/mol. The summed E-state index contributed by atoms with van der Waals surface area (Å²) in [5.41, 5.74) is 4.46. The number of carbonyl (C=O) groups is 1. The van der Waals surface area contributed by atoms with Crippen LogP contribution < -0.4 is 10.6 Å². The molecule has 5 rings (SSSR count). The highest BCUT2D eigenvalue weighted by Gasteiger charge is 2.23. The maximum absolute atomic E-state index is 11.6. The van der Waals surface area contributed by atoms with E-state index in [4.69, 9.17) is 4.98 Å². The number of nitrogens with one attached hydrogen (secondary N) is 2. The van der Waals surface area contributed by atoms with E-state index < -0.39 is 5.97 Å². The molecule has 0 saturated heterocycles. The van der Waals surface area contributed by atoms with Crippen LogP contribution in [0.5, 0.6) is 0 Å². The molecule has 1 saturated carbocycles. The predicted octanol–water partition coefficient (Wildman–Crippen LogP) is 4.28. The molecule has 0 bridgehead atoms. The first kappa shape index (κ1) is 19.3. The Morgan fingerprint density at radius 3 is 2.87 bits per heavy atom. The molecule has 31 heavy (non-hydrogen) atoms. The van der Waals surface area contributed by atoms with E-state index in [-0.39, 0.29) is 11.6 Å². The summed E-state index contributed by atoms with van der Waals surface area (Å²) in [5, 5.41) is 25.7. The van der Waals surface area contributed by atoms with Crippen LogP contribution in [0, 0.1) is 12.8 Å². The molecule has 1 fully saturated rings. The van der Waals surface area contributed by atoms with E-state index in [1.54, 1.807) is 24.5 Å². The molecule has 0 spiro atoms. The molecule has 2 aromatic heterocycles. The van der Waals surface area contributed by atoms with Gasteiger partial charge in [0, 0.05) is 23.2 Å². The molecule has 1 atom stereocenters. The van der Waals surface area contributed by atoms with Crippen molar-refractivity contribution in [2.45, 2.75) is 32.7 Å². The van der Waals surface area contributed by atoms with Crippen LogP contribution in [0.2, 0.25) is 0 Å². The smallest absolute Gasteiger partial charge is 0.337 e. The Kier molecular flexibility index (Phi) is 4.69. The van der Waals surface area contributed by atoms with E-state index in [1.807, 2.05) is 24.3 Å². The fourth-order valence-electron chi connectivity index (χ4n) is 3.95. The molecule has 2 heterocycles. The van der Waals surface area contributed by atoms with Gasteiger partial charge in [-0.2, -0.15) is 0 Å². The number of anilines is 2. The van der Waals surface area contributed by atoms with Crippen molar-refractivity contribution < 1.29 is 9.90 Å². The molecule has 0 aliphatic heterocycles. The molecule has 1 aliphatic rings. The molecule has 0 amide bonds. The Morgan fingerprint density at radius 1 is 1.29 bits per heavy atom. The Morgan fingerprint density at radius 2 is 2.10 bits per heavy atom. The van der Waals surface area contributed by atoms with Gasteiger partial charge in [-0.25, -0.2) is 9.78 Å². The van der Waals surface area contributed by atoms with Crippen molar-refractivity contribution >= 4 is 34.2 Å². The lowest BCUT2D eigenvalue weighted by Crippen LogP contribution is -2.13. The molecule has 0 radical (unpaired) electrons. The lowest BCUT2D eigenvalue weighted by Gasteiger charge is -2.20. The van der Waals surface area contributed by atoms with Gasteiger partial charge < -0.3 is 15.7 Å². The first-order valence-electron chi connectivity index (χ1n) is 10.5. The fraction of sp³-hybridized carbons (Fsp3) is 0.304. The second-order valence-corrected chi connectivity index (χ2v) is 8.25. The number of rotatable bonds is 7. The second kappa shape index (κ2) is 7.54. The van der Waals surface area contributed by atoms with E-state index in [0.29, 0.717) is 11.6 Å². The average Bonchev–Trinajstić information content (AvgIpc) is 3.45. The zero-order valence-corrected chi connectivity index (χ0v) is 17.5. The van der Waals surface area contributed by atoms with Gasteiger partial charge in [0.1, 0.15) is 6.33 Å². The van der Waals surface area contributed by atoms with E-state index in [9.17, 15) is 9.90 Å². The summed E-state index contributed by atoms with van der Waals surface area (Å²) in [4.78, 5) is 16.6. The number of carboxylic acids is 1. The minimum atomic E-state index is -0.959. The molecule has 1 aliphatic carbocycles. The standard InChI is InChI=1S/C23H24N6O2/c1-13-9-17(14(2)26-19-6-4-3-5-16(19)22(30)31)20-18(10-13)21-28-25-12-29(21)23(27-20)24-11-15-7-8-15/h3-6,9-10,12,14-15,26H,7-8,11H2,1-2H3,(H,24,27)(H,30,31). The number of aryl methyl sites for hydroxylation is 1. The summed E-state index contributed by atoms with van der Waals surface area (Å²) in [6, 6.07) is 10.9. The Hall–Kier alpha value is -3.68. The van der Waals surface area contributed by atoms with Gasteiger partial charge in [-0.15, -0.1) is 10.2 Å². The Bertz CT molecular complexity index is 1290. The fourth-order valence-corrected chi connectivity index (χ4v) is 3.95. The van der Waals surface area contributed by atoms with E-state index in [1.165, 1.54) is 12.8 Å². The summed E-state index contributed by atoms with van der Waals surface area (Å²) in [5.74, 6) is 0.469. The third kappa shape index (κ3) is 3.65. The minimum Gasteiger partial charge on any atom is -0.478 e. The molecule has 158 valence electrons. The van der Waals surface area contributed by atoms with Crippen LogP contribution in [-0.2, 0) is 0 Å². The Balaban J connectivity index is 1.60. The van der Waals surface area contributed by atoms with Crippen LogP contribution in [0.25, 0.3) is 16.6 Å². The SMILES string of the molecule is Cc1cc(C(C)Nc2ccccc2C(=O)O)c2nc(NCC3CC3)n3cnnc3c2c1. The summed E-state index contributed by atoms with van der Waals surface area (Å²) in [6.07, 6.45) is 4.18. The van der Waals surface area contributed by atoms with Crippen molar-refractivity contribution in [3.63, 3.8) is 0 Å². The topological polar surface area (TPSA) is 104 Å². The zero-order valence-electron chi connectivity index (χ0n) is 17.5. The highest BCUT2D eigenvalue weighted by atomic mass is 16.4. The van der Waals surface area contributed by atoms with E-state index in [0.717, 1.165) is 40.2 Å². The second-order valence-electron chi connectivity index (χ2n) is 8.25. The van der Waals surface area contributed by atoms with Gasteiger partial charge in [-0.05, 0) is 56.4 Å². The number of aromatic carboxylic acids is 1. The normalized spacial score (nSPS) is 14.6. The summed E-state index contributed by atoms with van der Waals surface area (Å²) in [7, 11) is 0. The van der Waals surface area contributed by atoms with Crippen LogP contribution in [0.3, 0.4) is 0 Å². The average molecular weight is 416 g/mol. The van der Waals surface area contributed by atoms with Crippen molar-refractivity contribution in [3.8, 4) is 0 Å². The lowest BCUT2D eigenvalue weighted by molar-refractivity contribution is 0.0698. The summed E-state index contributed by atoms with van der Waals surface area (Å²) in [6.45, 7) is 4.93. The van der Waals surface area contributed by atoms with Gasteiger partial charge in [0.05, 0.1) is 17.1 Å². The number of benzene rings is 2. The molecule has 1 unspecified atom stereocenters. The Labute approximate surface area is 179 Å². The zero-order chi connectivity index (χ0) is 21.5. The van der Waals surface area contributed by atoms with Gasteiger partial charge in [0.2, 0.25) is 5.95 Å². The van der Waals surface area contributed by atoms with Crippen molar-refractivity contribution in [3.05, 3.63) is 59.4 Å². The van der Waals surface area contributed by atoms with Crippen LogP contribution in [0.15, 0.2) is 42.7 Å². The van der Waals surface area contributed by atoms with Crippen LogP contribution in [0.4, 0.5) is 11.6 Å². The number of fused-ring (bicyclic) bond motifs is 3. The van der Waals surface area contributed by atoms with Crippen molar-refractivity contribution in [2.24, 2.45) is 5.92 Å². The highest BCUT2D eigenvalue weighted by molar-refractivity contribution is 5.96. The third-order valence-corrected chi connectivity index (χ3v) is 5.76.